The van der Waals surface area contributed by atoms with Gasteiger partial charge in [-0.25, -0.2) is 13.9 Å². The van der Waals surface area contributed by atoms with Gasteiger partial charge in [-0.15, -0.1) is 0 Å². The third kappa shape index (κ3) is 4.90. The monoisotopic (exact) mass is 377 g/mol. The molecule has 1 aromatic carbocycles. The van der Waals surface area contributed by atoms with E-state index in [0.29, 0.717) is 11.3 Å². The third-order valence-electron chi connectivity index (χ3n) is 3.85. The van der Waals surface area contributed by atoms with E-state index in [2.05, 4.69) is 10.4 Å². The first kappa shape index (κ1) is 20.1. The number of amides is 1. The van der Waals surface area contributed by atoms with Crippen LogP contribution in [0.1, 0.15) is 13.8 Å². The molecule has 1 heterocycles. The Labute approximate surface area is 154 Å². The fourth-order valence-electron chi connectivity index (χ4n) is 2.45. The summed E-state index contributed by atoms with van der Waals surface area (Å²) in [6.45, 7) is 2.86. The van der Waals surface area contributed by atoms with Crippen LogP contribution in [-0.4, -0.2) is 39.9 Å². The molecular formula is C18H20FN3O5. The molecule has 144 valence electrons. The van der Waals surface area contributed by atoms with Gasteiger partial charge in [0.25, 0.3) is 5.56 Å². The number of methoxy groups -OCH3 is 1. The molecule has 0 radical (unpaired) electrons. The van der Waals surface area contributed by atoms with Crippen LogP contribution in [0.25, 0.3) is 11.3 Å². The molecule has 0 saturated carbocycles. The van der Waals surface area contributed by atoms with E-state index in [0.717, 1.165) is 4.68 Å². The Kier molecular flexibility index (Phi) is 6.27. The zero-order chi connectivity index (χ0) is 20.1. The summed E-state index contributed by atoms with van der Waals surface area (Å²) in [6, 6.07) is 5.43. The van der Waals surface area contributed by atoms with Crippen LogP contribution in [0.5, 0.6) is 5.75 Å². The fourth-order valence-corrected chi connectivity index (χ4v) is 2.45. The van der Waals surface area contributed by atoms with Gasteiger partial charge in [-0.05, 0) is 24.1 Å². The zero-order valence-corrected chi connectivity index (χ0v) is 15.1. The summed E-state index contributed by atoms with van der Waals surface area (Å²) in [5.74, 6) is -2.41. The van der Waals surface area contributed by atoms with Gasteiger partial charge in [-0.1, -0.05) is 13.8 Å². The van der Waals surface area contributed by atoms with Crippen LogP contribution in [0.2, 0.25) is 0 Å². The van der Waals surface area contributed by atoms with E-state index in [1.54, 1.807) is 13.8 Å². The Morgan fingerprint density at radius 3 is 2.59 bits per heavy atom. The number of nitrogens with zero attached hydrogens (tertiary/aromatic N) is 2. The van der Waals surface area contributed by atoms with Gasteiger partial charge < -0.3 is 15.2 Å². The summed E-state index contributed by atoms with van der Waals surface area (Å²) in [4.78, 5) is 35.4. The summed E-state index contributed by atoms with van der Waals surface area (Å²) in [6.07, 6.45) is 0. The van der Waals surface area contributed by atoms with Gasteiger partial charge in [-0.3, -0.25) is 9.59 Å². The molecule has 1 amide bonds. The quantitative estimate of drug-likeness (QED) is 0.752. The predicted molar refractivity (Wildman–Crippen MR) is 94.8 cm³/mol. The average molecular weight is 377 g/mol. The highest BCUT2D eigenvalue weighted by Crippen LogP contribution is 2.28. The zero-order valence-electron chi connectivity index (χ0n) is 15.1. The van der Waals surface area contributed by atoms with Gasteiger partial charge in [0.05, 0.1) is 12.8 Å². The molecule has 1 aromatic heterocycles. The molecule has 0 fully saturated rings. The molecule has 2 rings (SSSR count). The number of rotatable bonds is 7. The lowest BCUT2D eigenvalue weighted by molar-refractivity contribution is -0.143. The largest absolute Gasteiger partial charge is 0.496 e. The van der Waals surface area contributed by atoms with Crippen molar-refractivity contribution in [3.63, 3.8) is 0 Å². The maximum atomic E-state index is 13.4. The van der Waals surface area contributed by atoms with Crippen LogP contribution in [0.4, 0.5) is 4.39 Å². The maximum absolute atomic E-state index is 13.4. The standard InChI is InChI=1S/C18H20FN3O5/c1-10(2)17(18(25)26)20-15(23)9-22-16(24)7-6-13(21-22)12-5-4-11(19)8-14(12)27-3/h4-8,10,17H,9H2,1-3H3,(H,20,23)(H,25,26)/t17-/m0/s1. The van der Waals surface area contributed by atoms with Gasteiger partial charge in [0.15, 0.2) is 0 Å². The number of halogens is 1. The van der Waals surface area contributed by atoms with Crippen molar-refractivity contribution in [2.75, 3.05) is 7.11 Å². The van der Waals surface area contributed by atoms with Crippen molar-refractivity contribution in [2.24, 2.45) is 5.92 Å². The van der Waals surface area contributed by atoms with Gasteiger partial charge >= 0.3 is 5.97 Å². The van der Waals surface area contributed by atoms with E-state index in [-0.39, 0.29) is 11.7 Å². The van der Waals surface area contributed by atoms with E-state index in [9.17, 15) is 18.8 Å². The molecule has 9 heteroatoms. The highest BCUT2D eigenvalue weighted by Gasteiger charge is 2.23. The van der Waals surface area contributed by atoms with Crippen molar-refractivity contribution in [3.05, 3.63) is 46.5 Å². The number of carbonyl (C=O) groups excluding carboxylic acids is 1. The number of carboxylic acids is 1. The molecular weight excluding hydrogens is 357 g/mol. The molecule has 0 bridgehead atoms. The van der Waals surface area contributed by atoms with E-state index in [4.69, 9.17) is 9.84 Å². The number of hydrogen-bond acceptors (Lipinski definition) is 5. The van der Waals surface area contributed by atoms with Crippen LogP contribution < -0.4 is 15.6 Å². The smallest absolute Gasteiger partial charge is 0.326 e. The SMILES string of the molecule is COc1cc(F)ccc1-c1ccc(=O)n(CC(=O)N[C@H](C(=O)O)C(C)C)n1. The summed E-state index contributed by atoms with van der Waals surface area (Å²) in [7, 11) is 1.37. The first-order valence-electron chi connectivity index (χ1n) is 8.17. The molecule has 0 aliphatic heterocycles. The molecule has 0 saturated heterocycles. The number of carboxylic acid groups (broad SMARTS) is 1. The molecule has 0 spiro atoms. The maximum Gasteiger partial charge on any atom is 0.326 e. The number of carbonyl (C=O) groups is 2. The van der Waals surface area contributed by atoms with Crippen molar-refractivity contribution in [3.8, 4) is 17.0 Å². The van der Waals surface area contributed by atoms with Crippen LogP contribution >= 0.6 is 0 Å². The molecule has 2 N–H and O–H groups in total. The van der Waals surface area contributed by atoms with Gasteiger partial charge in [0.2, 0.25) is 5.91 Å². The van der Waals surface area contributed by atoms with Crippen molar-refractivity contribution < 1.29 is 23.8 Å². The normalized spacial score (nSPS) is 11.9. The van der Waals surface area contributed by atoms with Crippen molar-refractivity contribution in [2.45, 2.75) is 26.4 Å². The van der Waals surface area contributed by atoms with E-state index >= 15 is 0 Å². The topological polar surface area (TPSA) is 111 Å². The number of hydrogen-bond donors (Lipinski definition) is 2. The fraction of sp³-hybridized carbons (Fsp3) is 0.333. The van der Waals surface area contributed by atoms with Crippen molar-refractivity contribution in [1.82, 2.24) is 15.1 Å². The predicted octanol–water partition coefficient (Wildman–Crippen LogP) is 1.28. The second-order valence-electron chi connectivity index (χ2n) is 6.19. The number of aliphatic carboxylic acids is 1. The van der Waals surface area contributed by atoms with Crippen molar-refractivity contribution in [1.29, 1.82) is 0 Å². The molecule has 27 heavy (non-hydrogen) atoms. The summed E-state index contributed by atoms with van der Waals surface area (Å²) < 4.78 is 19.4. The summed E-state index contributed by atoms with van der Waals surface area (Å²) in [5, 5.41) is 15.6. The van der Waals surface area contributed by atoms with E-state index < -0.39 is 35.8 Å². The Morgan fingerprint density at radius 1 is 1.30 bits per heavy atom. The highest BCUT2D eigenvalue weighted by molar-refractivity contribution is 5.83. The minimum Gasteiger partial charge on any atom is -0.496 e. The third-order valence-corrected chi connectivity index (χ3v) is 3.85. The molecule has 1 atom stereocenters. The minimum absolute atomic E-state index is 0.225. The van der Waals surface area contributed by atoms with E-state index in [1.807, 2.05) is 0 Å². The summed E-state index contributed by atoms with van der Waals surface area (Å²) >= 11 is 0. The molecule has 0 aliphatic carbocycles. The average Bonchev–Trinajstić information content (AvgIpc) is 2.61. The first-order valence-corrected chi connectivity index (χ1v) is 8.17. The van der Waals surface area contributed by atoms with Gasteiger partial charge in [-0.2, -0.15) is 5.10 Å². The first-order chi connectivity index (χ1) is 12.7. The highest BCUT2D eigenvalue weighted by atomic mass is 19.1. The summed E-state index contributed by atoms with van der Waals surface area (Å²) in [5.41, 5.74) is 0.211. The Hall–Kier alpha value is -3.23. The minimum atomic E-state index is -1.16. The lowest BCUT2D eigenvalue weighted by Crippen LogP contribution is -2.46. The molecule has 0 unspecified atom stereocenters. The molecule has 8 nitrogen and oxygen atoms in total. The number of ether oxygens (including phenoxy) is 1. The van der Waals surface area contributed by atoms with E-state index in [1.165, 1.54) is 37.4 Å². The Morgan fingerprint density at radius 2 is 2.00 bits per heavy atom. The van der Waals surface area contributed by atoms with Gasteiger partial charge in [0.1, 0.15) is 24.2 Å². The van der Waals surface area contributed by atoms with Crippen LogP contribution in [0, 0.1) is 11.7 Å². The Balaban J connectivity index is 2.29. The number of benzene rings is 1. The number of aromatic nitrogens is 2. The number of nitrogens with one attached hydrogen (secondary N) is 1. The Bertz CT molecular complexity index is 910. The van der Waals surface area contributed by atoms with Crippen LogP contribution in [0.3, 0.4) is 0 Å². The van der Waals surface area contributed by atoms with Crippen LogP contribution in [0.15, 0.2) is 35.1 Å². The van der Waals surface area contributed by atoms with Crippen molar-refractivity contribution >= 4 is 11.9 Å². The molecule has 0 aliphatic rings. The second-order valence-corrected chi connectivity index (χ2v) is 6.19. The lowest BCUT2D eigenvalue weighted by atomic mass is 10.1. The molecule has 2 aromatic rings. The van der Waals surface area contributed by atoms with Crippen LogP contribution in [-0.2, 0) is 16.1 Å². The second kappa shape index (κ2) is 8.43. The lowest BCUT2D eigenvalue weighted by Gasteiger charge is -2.18. The van der Waals surface area contributed by atoms with Gasteiger partial charge in [0, 0.05) is 17.7 Å².